The molecule has 0 saturated carbocycles. The number of nitrogens with two attached hydrogens (primary N) is 1. The van der Waals surface area contributed by atoms with Gasteiger partial charge in [-0.2, -0.15) is 20.5 Å². The van der Waals surface area contributed by atoms with Crippen LogP contribution in [0, 0.1) is 0 Å². The van der Waals surface area contributed by atoms with E-state index in [2.05, 4.69) is 38.3 Å². The number of hydrogen-bond donors (Lipinski definition) is 5. The molecule has 0 radical (unpaired) electrons. The first-order chi connectivity index (χ1) is 39.6. The number of nitrogens with zero attached hydrogens (tertiary/aromatic N) is 4. The van der Waals surface area contributed by atoms with Gasteiger partial charge in [0.2, 0.25) is 20.9 Å². The topological polar surface area (TPSA) is 320 Å². The van der Waals surface area contributed by atoms with E-state index in [-0.39, 0.29) is 73.3 Å². The number of nitrogens with one attached hydrogen (secondary N) is 1. The van der Waals surface area contributed by atoms with E-state index in [1.54, 1.807) is 48.5 Å². The molecule has 5 N–H and O–H groups in total. The second-order valence-electron chi connectivity index (χ2n) is 17.7. The van der Waals surface area contributed by atoms with Crippen LogP contribution in [0.4, 0.5) is 28.4 Å². The van der Waals surface area contributed by atoms with Gasteiger partial charge in [-0.05, 0) is 161 Å². The molecular formula is C58H60N6O16S2. The number of carbonyl (C=O) groups excluding carboxylic acids is 4. The number of esters is 4. The number of ether oxygens (including phenoxy) is 6. The number of carbonyl (C=O) groups is 4. The van der Waals surface area contributed by atoms with Gasteiger partial charge in [0.15, 0.2) is 0 Å². The van der Waals surface area contributed by atoms with E-state index in [1.807, 2.05) is 0 Å². The third-order valence-corrected chi connectivity index (χ3v) is 13.2. The Morgan fingerprint density at radius 2 is 0.915 bits per heavy atom. The molecule has 6 aromatic carbocycles. The molecule has 0 atom stereocenters. The minimum absolute atomic E-state index is 0.00139. The van der Waals surface area contributed by atoms with Crippen LogP contribution in [0.5, 0.6) is 23.0 Å². The number of hydrogen-bond acceptors (Lipinski definition) is 20. The number of sulfonamides is 1. The largest absolute Gasteiger partial charge is 0.494 e. The molecule has 0 aliphatic carbocycles. The van der Waals surface area contributed by atoms with Gasteiger partial charge < -0.3 is 38.6 Å². The molecule has 6 rings (SSSR count). The zero-order valence-electron chi connectivity index (χ0n) is 44.3. The molecule has 22 nitrogen and oxygen atoms in total. The van der Waals surface area contributed by atoms with Gasteiger partial charge in [0, 0.05) is 34.4 Å². The minimum Gasteiger partial charge on any atom is -0.494 e. The van der Waals surface area contributed by atoms with Crippen molar-refractivity contribution in [1.82, 2.24) is 0 Å². The predicted octanol–water partition coefficient (Wildman–Crippen LogP) is 10.5. The molecule has 430 valence electrons. The van der Waals surface area contributed by atoms with Crippen LogP contribution in [0.3, 0.4) is 0 Å². The van der Waals surface area contributed by atoms with Gasteiger partial charge >= 0.3 is 23.9 Å². The SMILES string of the molecule is C=CC(=O)OCCCCCCOc1ccc(C(=O)Oc2ccc(N=Nc3ccc(-c4ccc(N=Nc5ccc(OC(=O)c6ccc(OCCCCCCOC(=O)C=C)cc6)c(CO)c5)cc4S(N)(=O)=O)c(N[SH](=O)=O)c3)cc2CO)cc1. The lowest BCUT2D eigenvalue weighted by atomic mass is 10.0. The number of aliphatic hydroxyl groups excluding tert-OH is 2. The van der Waals surface area contributed by atoms with Crippen molar-refractivity contribution in [3.05, 3.63) is 169 Å². The van der Waals surface area contributed by atoms with Crippen molar-refractivity contribution in [2.75, 3.05) is 31.1 Å². The number of azo groups is 2. The predicted molar refractivity (Wildman–Crippen MR) is 303 cm³/mol. The van der Waals surface area contributed by atoms with Crippen LogP contribution in [0.1, 0.15) is 83.2 Å². The second-order valence-corrected chi connectivity index (χ2v) is 20.0. The van der Waals surface area contributed by atoms with E-state index in [0.29, 0.717) is 37.9 Å². The molecule has 0 bridgehead atoms. The summed E-state index contributed by atoms with van der Waals surface area (Å²) in [5.74, 6) is -1.03. The summed E-state index contributed by atoms with van der Waals surface area (Å²) in [5.41, 5.74) is 1.50. The van der Waals surface area contributed by atoms with E-state index in [0.717, 1.165) is 69.6 Å². The molecule has 0 aromatic heterocycles. The molecule has 0 heterocycles. The smallest absolute Gasteiger partial charge is 0.343 e. The molecule has 0 fully saturated rings. The first-order valence-electron chi connectivity index (χ1n) is 25.6. The van der Waals surface area contributed by atoms with Crippen molar-refractivity contribution in [3.8, 4) is 34.1 Å². The number of benzene rings is 6. The van der Waals surface area contributed by atoms with E-state index in [9.17, 15) is 46.2 Å². The maximum atomic E-state index is 13.0. The highest BCUT2D eigenvalue weighted by molar-refractivity contribution is 7.89. The van der Waals surface area contributed by atoms with Crippen LogP contribution in [0.15, 0.2) is 172 Å². The molecule has 0 amide bonds. The molecule has 0 aliphatic heterocycles. The van der Waals surface area contributed by atoms with Crippen molar-refractivity contribution in [1.29, 1.82) is 0 Å². The molecule has 0 unspecified atom stereocenters. The van der Waals surface area contributed by atoms with Gasteiger partial charge in [0.05, 0.1) is 84.1 Å². The van der Waals surface area contributed by atoms with Gasteiger partial charge in [0.1, 0.15) is 23.0 Å². The van der Waals surface area contributed by atoms with E-state index in [1.165, 1.54) is 66.7 Å². The Labute approximate surface area is 475 Å². The quantitative estimate of drug-likeness (QED) is 0.00654. The number of rotatable bonds is 32. The number of thiol groups is 1. The van der Waals surface area contributed by atoms with Crippen molar-refractivity contribution < 1.29 is 74.6 Å². The molecule has 82 heavy (non-hydrogen) atoms. The van der Waals surface area contributed by atoms with Crippen LogP contribution in [-0.2, 0) is 53.2 Å². The number of primary sulfonamides is 1. The Morgan fingerprint density at radius 1 is 0.524 bits per heavy atom. The fourth-order valence-electron chi connectivity index (χ4n) is 7.64. The van der Waals surface area contributed by atoms with Crippen molar-refractivity contribution in [2.45, 2.75) is 69.5 Å². The van der Waals surface area contributed by atoms with Crippen LogP contribution in [-0.4, -0.2) is 77.4 Å². The summed E-state index contributed by atoms with van der Waals surface area (Å²) >= 11 is 0. The lowest BCUT2D eigenvalue weighted by Gasteiger charge is -2.13. The maximum Gasteiger partial charge on any atom is 0.343 e. The normalized spacial score (nSPS) is 11.3. The van der Waals surface area contributed by atoms with E-state index in [4.69, 9.17) is 33.6 Å². The second kappa shape index (κ2) is 31.7. The zero-order chi connectivity index (χ0) is 58.9. The summed E-state index contributed by atoms with van der Waals surface area (Å²) < 4.78 is 85.1. The fourth-order valence-corrected chi connectivity index (χ4v) is 8.79. The summed E-state index contributed by atoms with van der Waals surface area (Å²) in [6, 6.07) is 29.5. The first-order valence-corrected chi connectivity index (χ1v) is 28.3. The molecular weight excluding hydrogens is 1100 g/mol. The summed E-state index contributed by atoms with van der Waals surface area (Å²) in [7, 11) is -7.78. The highest BCUT2D eigenvalue weighted by Crippen LogP contribution is 2.38. The molecule has 0 aliphatic rings. The molecule has 6 aromatic rings. The lowest BCUT2D eigenvalue weighted by molar-refractivity contribution is -0.138. The number of unbranched alkanes of at least 4 members (excludes halogenated alkanes) is 6. The van der Waals surface area contributed by atoms with Gasteiger partial charge in [-0.1, -0.05) is 25.3 Å². The average Bonchev–Trinajstić information content (AvgIpc) is 3.65. The Morgan fingerprint density at radius 3 is 1.32 bits per heavy atom. The Hall–Kier alpha value is -8.94. The highest BCUT2D eigenvalue weighted by atomic mass is 32.2. The Kier molecular flexibility index (Phi) is 24.1. The van der Waals surface area contributed by atoms with Crippen LogP contribution < -0.4 is 28.8 Å². The van der Waals surface area contributed by atoms with Crippen molar-refractivity contribution in [3.63, 3.8) is 0 Å². The standard InChI is InChI=1S/C58H60N6O16S2/c1-3-55(67)77-31-11-7-5-9-29-75-47-21-13-39(14-22-47)57(69)79-52-27-19-43(33-41(52)37-65)60-62-45-17-25-49(51(35-45)64-81(71)72)50-26-18-46(36-54(50)82(59,73)74)63-61-44-20-28-53(42(34-44)38-66)80-58(70)40-15-23-48(24-16-40)76-30-10-6-8-12-32-78-56(68)4-2/h3-4,13-28,33-36,65-66,81H,1-2,5-12,29-32,37-38H2,(H2,59,73,74)(H,64,71,72). The third kappa shape index (κ3) is 19.7. The Bertz CT molecular complexity index is 3470. The average molecular weight is 1160 g/mol. The summed E-state index contributed by atoms with van der Waals surface area (Å²) in [5, 5.41) is 42.7. The molecule has 24 heteroatoms. The summed E-state index contributed by atoms with van der Waals surface area (Å²) in [4.78, 5) is 47.9. The fraction of sp³-hybridized carbons (Fsp3) is 0.241. The van der Waals surface area contributed by atoms with Gasteiger partial charge in [-0.25, -0.2) is 41.2 Å². The van der Waals surface area contributed by atoms with Gasteiger partial charge in [0.25, 0.3) is 0 Å². The molecule has 0 saturated heterocycles. The van der Waals surface area contributed by atoms with Crippen molar-refractivity contribution >= 4 is 73.2 Å². The highest BCUT2D eigenvalue weighted by Gasteiger charge is 2.21. The Balaban J connectivity index is 1.06. The van der Waals surface area contributed by atoms with E-state index < -0.39 is 62.9 Å². The number of aliphatic hydroxyl groups is 2. The number of anilines is 1. The van der Waals surface area contributed by atoms with Crippen LogP contribution in [0.2, 0.25) is 0 Å². The zero-order valence-corrected chi connectivity index (χ0v) is 46.1. The van der Waals surface area contributed by atoms with Crippen molar-refractivity contribution in [2.24, 2.45) is 25.6 Å². The van der Waals surface area contributed by atoms with Crippen LogP contribution in [0.25, 0.3) is 11.1 Å². The summed E-state index contributed by atoms with van der Waals surface area (Å²) in [6.45, 7) is 7.23. The lowest BCUT2D eigenvalue weighted by Crippen LogP contribution is -2.13. The van der Waals surface area contributed by atoms with E-state index >= 15 is 0 Å². The maximum absolute atomic E-state index is 13.0. The monoisotopic (exact) mass is 1160 g/mol. The van der Waals surface area contributed by atoms with Gasteiger partial charge in [-0.15, -0.1) is 0 Å². The van der Waals surface area contributed by atoms with Crippen LogP contribution >= 0.6 is 0 Å². The first kappa shape index (κ1) is 62.3. The summed E-state index contributed by atoms with van der Waals surface area (Å²) in [6.07, 6.45) is 8.77. The van der Waals surface area contributed by atoms with Gasteiger partial charge in [-0.3, -0.25) is 4.72 Å². The third-order valence-electron chi connectivity index (χ3n) is 11.8. The minimum atomic E-state index is -4.49. The molecule has 0 spiro atoms.